The summed E-state index contributed by atoms with van der Waals surface area (Å²) in [6, 6.07) is 0.511. The van der Waals surface area contributed by atoms with Gasteiger partial charge < -0.3 is 9.80 Å². The third-order valence-electron chi connectivity index (χ3n) is 6.21. The number of hydrogen-bond acceptors (Lipinski definition) is 6. The Balaban J connectivity index is 1.55. The first-order valence-electron chi connectivity index (χ1n) is 10.0. The molecular formula is C19H30ClN5O3S. The third kappa shape index (κ3) is 5.07. The van der Waals surface area contributed by atoms with Gasteiger partial charge in [-0.15, -0.1) is 0 Å². The predicted molar refractivity (Wildman–Crippen MR) is 113 cm³/mol. The van der Waals surface area contributed by atoms with Gasteiger partial charge in [0, 0.05) is 37.8 Å². The quantitative estimate of drug-likeness (QED) is 0.658. The molecule has 3 heterocycles. The van der Waals surface area contributed by atoms with E-state index in [1.165, 1.54) is 10.6 Å². The molecule has 1 amide bonds. The number of aromatic nitrogens is 2. The van der Waals surface area contributed by atoms with Crippen molar-refractivity contribution in [1.82, 2.24) is 24.1 Å². The topological polar surface area (TPSA) is 86.7 Å². The highest BCUT2D eigenvalue weighted by molar-refractivity contribution is 7.88. The minimum absolute atomic E-state index is 0.0802. The summed E-state index contributed by atoms with van der Waals surface area (Å²) >= 11 is 6.12. The van der Waals surface area contributed by atoms with E-state index in [9.17, 15) is 13.2 Å². The number of piperidine rings is 2. The van der Waals surface area contributed by atoms with Crippen LogP contribution in [0.5, 0.6) is 0 Å². The molecule has 2 saturated heterocycles. The van der Waals surface area contributed by atoms with Crippen LogP contribution in [0.25, 0.3) is 0 Å². The Hall–Kier alpha value is -1.29. The van der Waals surface area contributed by atoms with E-state index in [0.717, 1.165) is 38.8 Å². The summed E-state index contributed by atoms with van der Waals surface area (Å²) in [6.07, 6.45) is 4.78. The maximum absolute atomic E-state index is 12.9. The van der Waals surface area contributed by atoms with E-state index in [-0.39, 0.29) is 11.9 Å². The van der Waals surface area contributed by atoms with Gasteiger partial charge in [0.15, 0.2) is 0 Å². The number of carbonyl (C=O) groups is 1. The molecule has 0 saturated carbocycles. The second-order valence-corrected chi connectivity index (χ2v) is 10.5. The number of aryl methyl sites for hydroxylation is 1. The van der Waals surface area contributed by atoms with Crippen LogP contribution in [0.15, 0.2) is 0 Å². The average molecular weight is 444 g/mol. The van der Waals surface area contributed by atoms with Crippen LogP contribution in [0.3, 0.4) is 0 Å². The Morgan fingerprint density at radius 2 is 1.66 bits per heavy atom. The summed E-state index contributed by atoms with van der Waals surface area (Å²) in [5.74, 6) is 0.419. The number of amides is 1. The Bertz CT molecular complexity index is 863. The van der Waals surface area contributed by atoms with Crippen LogP contribution in [0.1, 0.15) is 47.6 Å². The lowest BCUT2D eigenvalue weighted by Crippen LogP contribution is -2.52. The van der Waals surface area contributed by atoms with Crippen LogP contribution < -0.4 is 0 Å². The van der Waals surface area contributed by atoms with Gasteiger partial charge in [0.1, 0.15) is 16.7 Å². The minimum Gasteiger partial charge on any atom is -0.337 e. The molecule has 162 valence electrons. The van der Waals surface area contributed by atoms with Crippen molar-refractivity contribution < 1.29 is 13.2 Å². The van der Waals surface area contributed by atoms with Crippen LogP contribution in [0.2, 0.25) is 5.15 Å². The first-order valence-corrected chi connectivity index (χ1v) is 12.3. The molecule has 0 atom stereocenters. The summed E-state index contributed by atoms with van der Waals surface area (Å²) in [4.78, 5) is 25.6. The molecular weight excluding hydrogens is 414 g/mol. The van der Waals surface area contributed by atoms with Gasteiger partial charge in [0.25, 0.3) is 5.91 Å². The van der Waals surface area contributed by atoms with E-state index in [1.807, 2.05) is 4.90 Å². The Morgan fingerprint density at radius 3 is 2.21 bits per heavy atom. The summed E-state index contributed by atoms with van der Waals surface area (Å²) in [5.41, 5.74) is 1.02. The van der Waals surface area contributed by atoms with Crippen molar-refractivity contribution in [3.05, 3.63) is 22.2 Å². The molecule has 0 bridgehead atoms. The Kier molecular flexibility index (Phi) is 6.82. The second kappa shape index (κ2) is 8.83. The zero-order chi connectivity index (χ0) is 21.3. The standard InChI is InChI=1S/C19H30ClN5O3S/c1-13-17(21-14(2)22-18(13)20)19(26)25-11-7-16(8-12-25)24-9-5-15(6-10-24)23(3)29(4,27)28/h15-16H,5-12H2,1-4H3. The monoisotopic (exact) mass is 443 g/mol. The summed E-state index contributed by atoms with van der Waals surface area (Å²) < 4.78 is 25.0. The molecule has 0 unspecified atom stereocenters. The van der Waals surface area contributed by atoms with E-state index < -0.39 is 10.0 Å². The highest BCUT2D eigenvalue weighted by atomic mass is 35.5. The highest BCUT2D eigenvalue weighted by Crippen LogP contribution is 2.25. The maximum Gasteiger partial charge on any atom is 0.272 e. The smallest absolute Gasteiger partial charge is 0.272 e. The molecule has 0 N–H and O–H groups in total. The van der Waals surface area contributed by atoms with E-state index in [1.54, 1.807) is 20.9 Å². The lowest BCUT2D eigenvalue weighted by atomic mass is 9.97. The van der Waals surface area contributed by atoms with E-state index >= 15 is 0 Å². The van der Waals surface area contributed by atoms with Gasteiger partial charge in [-0.3, -0.25) is 4.79 Å². The fraction of sp³-hybridized carbons (Fsp3) is 0.737. The Morgan fingerprint density at radius 1 is 1.07 bits per heavy atom. The fourth-order valence-corrected chi connectivity index (χ4v) is 5.24. The summed E-state index contributed by atoms with van der Waals surface area (Å²) in [5, 5.41) is 0.331. The van der Waals surface area contributed by atoms with Gasteiger partial charge >= 0.3 is 0 Å². The van der Waals surface area contributed by atoms with E-state index in [2.05, 4.69) is 14.9 Å². The van der Waals surface area contributed by atoms with Crippen LogP contribution in [0, 0.1) is 13.8 Å². The lowest BCUT2D eigenvalue weighted by molar-refractivity contribution is 0.0542. The molecule has 0 aliphatic carbocycles. The van der Waals surface area contributed by atoms with E-state index in [4.69, 9.17) is 11.6 Å². The lowest BCUT2D eigenvalue weighted by Gasteiger charge is -2.43. The molecule has 2 fully saturated rings. The van der Waals surface area contributed by atoms with Crippen LogP contribution >= 0.6 is 11.6 Å². The molecule has 1 aromatic rings. The van der Waals surface area contributed by atoms with Gasteiger partial charge in [0.2, 0.25) is 10.0 Å². The zero-order valence-electron chi connectivity index (χ0n) is 17.6. The maximum atomic E-state index is 12.9. The molecule has 2 aliphatic rings. The number of nitrogens with zero attached hydrogens (tertiary/aromatic N) is 5. The van der Waals surface area contributed by atoms with Gasteiger partial charge in [-0.25, -0.2) is 22.7 Å². The minimum atomic E-state index is -3.15. The third-order valence-corrected chi connectivity index (χ3v) is 7.92. The van der Waals surface area contributed by atoms with Crippen LogP contribution in [0.4, 0.5) is 0 Å². The predicted octanol–water partition coefficient (Wildman–Crippen LogP) is 1.71. The van der Waals surface area contributed by atoms with Crippen molar-refractivity contribution in [1.29, 1.82) is 0 Å². The molecule has 2 aliphatic heterocycles. The normalized spacial score (nSPS) is 20.4. The van der Waals surface area contributed by atoms with Crippen LogP contribution in [-0.4, -0.2) is 90.0 Å². The molecule has 1 aromatic heterocycles. The van der Waals surface area contributed by atoms with Crippen molar-refractivity contribution >= 4 is 27.5 Å². The van der Waals surface area contributed by atoms with Crippen molar-refractivity contribution in [3.8, 4) is 0 Å². The van der Waals surface area contributed by atoms with Crippen molar-refractivity contribution in [2.45, 2.75) is 51.6 Å². The number of sulfonamides is 1. The number of hydrogen-bond donors (Lipinski definition) is 0. The molecule has 0 aromatic carbocycles. The molecule has 0 radical (unpaired) electrons. The first-order chi connectivity index (χ1) is 13.6. The highest BCUT2D eigenvalue weighted by Gasteiger charge is 2.33. The van der Waals surface area contributed by atoms with Crippen molar-refractivity contribution in [2.24, 2.45) is 0 Å². The van der Waals surface area contributed by atoms with E-state index in [0.29, 0.717) is 41.4 Å². The molecule has 29 heavy (non-hydrogen) atoms. The SMILES string of the molecule is Cc1nc(Cl)c(C)c(C(=O)N2CCC(N3CCC(N(C)S(C)(=O)=O)CC3)CC2)n1. The van der Waals surface area contributed by atoms with Crippen molar-refractivity contribution in [2.75, 3.05) is 39.5 Å². The van der Waals surface area contributed by atoms with Gasteiger partial charge in [-0.1, -0.05) is 11.6 Å². The molecule has 0 spiro atoms. The van der Waals surface area contributed by atoms with Gasteiger partial charge in [0.05, 0.1) is 6.26 Å². The zero-order valence-corrected chi connectivity index (χ0v) is 19.1. The van der Waals surface area contributed by atoms with Gasteiger partial charge in [-0.2, -0.15) is 0 Å². The van der Waals surface area contributed by atoms with Crippen LogP contribution in [-0.2, 0) is 10.0 Å². The fourth-order valence-electron chi connectivity index (χ4n) is 4.27. The summed E-state index contributed by atoms with van der Waals surface area (Å²) in [6.45, 7) is 6.67. The largest absolute Gasteiger partial charge is 0.337 e. The number of carbonyl (C=O) groups excluding carboxylic acids is 1. The van der Waals surface area contributed by atoms with Crippen molar-refractivity contribution in [3.63, 3.8) is 0 Å². The first kappa shape index (κ1) is 22.4. The number of rotatable bonds is 4. The number of likely N-dealkylation sites (tertiary alicyclic amines) is 2. The number of halogens is 1. The van der Waals surface area contributed by atoms with Gasteiger partial charge in [-0.05, 0) is 52.6 Å². The molecule has 3 rings (SSSR count). The second-order valence-electron chi connectivity index (χ2n) is 8.10. The Labute approximate surface area is 178 Å². The summed E-state index contributed by atoms with van der Waals surface area (Å²) in [7, 11) is -1.48. The molecule has 8 nitrogen and oxygen atoms in total. The average Bonchev–Trinajstić information content (AvgIpc) is 2.69. The molecule has 10 heteroatoms.